The molecule has 1 atom stereocenters. The maximum Gasteiger partial charge on any atom is 0.255 e. The van der Waals surface area contributed by atoms with E-state index >= 15 is 0 Å². The van der Waals surface area contributed by atoms with Crippen molar-refractivity contribution in [3.05, 3.63) is 41.1 Å². The third-order valence-corrected chi connectivity index (χ3v) is 3.91. The van der Waals surface area contributed by atoms with Gasteiger partial charge in [0.1, 0.15) is 6.17 Å². The van der Waals surface area contributed by atoms with E-state index in [1.165, 1.54) is 0 Å². The van der Waals surface area contributed by atoms with E-state index in [1.54, 1.807) is 6.92 Å². The van der Waals surface area contributed by atoms with Gasteiger partial charge in [-0.1, -0.05) is 12.1 Å². The molecule has 19 heavy (non-hydrogen) atoms. The van der Waals surface area contributed by atoms with Crippen molar-refractivity contribution in [3.8, 4) is 0 Å². The molecule has 0 aromatic heterocycles. The van der Waals surface area contributed by atoms with Crippen LogP contribution in [-0.4, -0.2) is 17.9 Å². The number of fused-ring (bicyclic) bond motifs is 3. The number of hydrogen-bond acceptors (Lipinski definition) is 3. The number of Topliss-reactive ketones (excluding diaryl/α,β-unsaturated/α-hetero) is 1. The summed E-state index contributed by atoms with van der Waals surface area (Å²) in [6, 6.07) is 7.53. The third kappa shape index (κ3) is 1.75. The lowest BCUT2D eigenvalue weighted by Gasteiger charge is -2.43. The third-order valence-electron chi connectivity index (χ3n) is 3.91. The first-order valence-corrected chi connectivity index (χ1v) is 6.49. The first-order valence-electron chi connectivity index (χ1n) is 6.49. The molecule has 1 unspecified atom stereocenters. The maximum atomic E-state index is 12.0. The highest BCUT2D eigenvalue weighted by Gasteiger charge is 2.35. The van der Waals surface area contributed by atoms with Crippen LogP contribution in [0.3, 0.4) is 0 Å². The summed E-state index contributed by atoms with van der Waals surface area (Å²) >= 11 is 0. The van der Waals surface area contributed by atoms with Gasteiger partial charge in [0.05, 0.1) is 11.3 Å². The summed E-state index contributed by atoms with van der Waals surface area (Å²) in [7, 11) is 0. The van der Waals surface area contributed by atoms with Gasteiger partial charge in [0.2, 0.25) is 0 Å². The molecule has 0 radical (unpaired) electrons. The largest absolute Gasteiger partial charge is 0.331 e. The van der Waals surface area contributed by atoms with Crippen LogP contribution in [0.5, 0.6) is 0 Å². The van der Waals surface area contributed by atoms with E-state index in [4.69, 9.17) is 0 Å². The van der Waals surface area contributed by atoms with Crippen LogP contribution >= 0.6 is 0 Å². The fraction of sp³-hybridized carbons (Fsp3) is 0.333. The van der Waals surface area contributed by atoms with Crippen LogP contribution in [0.4, 0.5) is 5.69 Å². The number of rotatable bonds is 1. The van der Waals surface area contributed by atoms with Crippen molar-refractivity contribution >= 4 is 17.4 Å². The topological polar surface area (TPSA) is 49.4 Å². The Balaban J connectivity index is 2.16. The zero-order chi connectivity index (χ0) is 13.6. The molecule has 2 heterocycles. The number of allylic oxidation sites excluding steroid dienone is 2. The minimum Gasteiger partial charge on any atom is -0.331 e. The molecule has 0 spiro atoms. The number of para-hydroxylation sites is 1. The van der Waals surface area contributed by atoms with Gasteiger partial charge in [-0.25, -0.2) is 0 Å². The Kier molecular flexibility index (Phi) is 2.66. The van der Waals surface area contributed by atoms with E-state index in [0.29, 0.717) is 5.56 Å². The Hall–Kier alpha value is -2.10. The van der Waals surface area contributed by atoms with Gasteiger partial charge in [0.25, 0.3) is 5.91 Å². The molecule has 3 rings (SSSR count). The van der Waals surface area contributed by atoms with E-state index < -0.39 is 0 Å². The van der Waals surface area contributed by atoms with Gasteiger partial charge >= 0.3 is 0 Å². The van der Waals surface area contributed by atoms with Crippen molar-refractivity contribution in [2.45, 2.75) is 32.9 Å². The van der Waals surface area contributed by atoms with Crippen molar-refractivity contribution in [3.63, 3.8) is 0 Å². The van der Waals surface area contributed by atoms with Crippen LogP contribution in [0, 0.1) is 0 Å². The van der Waals surface area contributed by atoms with Crippen molar-refractivity contribution in [1.82, 2.24) is 5.32 Å². The Morgan fingerprint density at radius 1 is 1.37 bits per heavy atom. The zero-order valence-corrected chi connectivity index (χ0v) is 11.1. The first-order chi connectivity index (χ1) is 9.09. The van der Waals surface area contributed by atoms with E-state index in [2.05, 4.69) is 10.2 Å². The Bertz CT molecular complexity index is 604. The van der Waals surface area contributed by atoms with Crippen LogP contribution in [0.25, 0.3) is 0 Å². The lowest BCUT2D eigenvalue weighted by molar-refractivity contribution is -0.113. The van der Waals surface area contributed by atoms with Crippen molar-refractivity contribution < 1.29 is 9.59 Å². The molecule has 4 nitrogen and oxygen atoms in total. The molecular weight excluding hydrogens is 240 g/mol. The highest BCUT2D eigenvalue weighted by Crippen LogP contribution is 2.36. The second-order valence-electron chi connectivity index (χ2n) is 5.04. The lowest BCUT2D eigenvalue weighted by Crippen LogP contribution is -2.54. The molecule has 0 aliphatic carbocycles. The smallest absolute Gasteiger partial charge is 0.255 e. The van der Waals surface area contributed by atoms with Crippen LogP contribution in [0.15, 0.2) is 35.5 Å². The summed E-state index contributed by atoms with van der Waals surface area (Å²) < 4.78 is 0. The number of nitrogens with zero attached hydrogens (tertiary/aromatic N) is 1. The van der Waals surface area contributed by atoms with Crippen LogP contribution < -0.4 is 10.2 Å². The number of nitrogens with one attached hydrogen (secondary N) is 1. The summed E-state index contributed by atoms with van der Waals surface area (Å²) in [6.07, 6.45) is 1.46. The molecule has 1 N–H and O–H groups in total. The SMILES string of the molecule is CC(=O)C1=C(C)N2c3ccccc3C(=O)NC2CC1. The molecule has 0 bridgehead atoms. The first kappa shape index (κ1) is 12.0. The van der Waals surface area contributed by atoms with Crippen molar-refractivity contribution in [1.29, 1.82) is 0 Å². The van der Waals surface area contributed by atoms with E-state index in [1.807, 2.05) is 31.2 Å². The van der Waals surface area contributed by atoms with Crippen molar-refractivity contribution in [2.24, 2.45) is 0 Å². The van der Waals surface area contributed by atoms with E-state index in [0.717, 1.165) is 29.8 Å². The zero-order valence-electron chi connectivity index (χ0n) is 11.1. The van der Waals surface area contributed by atoms with Gasteiger partial charge in [-0.15, -0.1) is 0 Å². The van der Waals surface area contributed by atoms with E-state index in [-0.39, 0.29) is 17.9 Å². The molecular formula is C15H16N2O2. The highest BCUT2D eigenvalue weighted by atomic mass is 16.2. The summed E-state index contributed by atoms with van der Waals surface area (Å²) in [5.74, 6) is 0.0845. The Morgan fingerprint density at radius 3 is 2.84 bits per heavy atom. The summed E-state index contributed by atoms with van der Waals surface area (Å²) in [5.41, 5.74) is 3.38. The fourth-order valence-corrected chi connectivity index (χ4v) is 2.99. The molecule has 1 amide bonds. The highest BCUT2D eigenvalue weighted by molar-refractivity contribution is 6.03. The second kappa shape index (κ2) is 4.23. The maximum absolute atomic E-state index is 12.0. The van der Waals surface area contributed by atoms with Gasteiger partial charge < -0.3 is 10.2 Å². The average Bonchev–Trinajstić information content (AvgIpc) is 2.38. The molecule has 0 saturated heterocycles. The molecule has 1 aromatic rings. The number of amides is 1. The number of carbonyl (C=O) groups is 2. The predicted molar refractivity (Wildman–Crippen MR) is 72.8 cm³/mol. The average molecular weight is 256 g/mol. The van der Waals surface area contributed by atoms with Crippen LogP contribution in [-0.2, 0) is 4.79 Å². The molecule has 2 aliphatic heterocycles. The Labute approximate surface area is 112 Å². The van der Waals surface area contributed by atoms with Gasteiger partial charge in [-0.05, 0) is 38.8 Å². The van der Waals surface area contributed by atoms with Gasteiger partial charge in [-0.3, -0.25) is 9.59 Å². The molecule has 2 aliphatic rings. The van der Waals surface area contributed by atoms with E-state index in [9.17, 15) is 9.59 Å². The lowest BCUT2D eigenvalue weighted by atomic mass is 9.94. The summed E-state index contributed by atoms with van der Waals surface area (Å²) in [6.45, 7) is 3.56. The molecule has 4 heteroatoms. The van der Waals surface area contributed by atoms with Gasteiger partial charge in [-0.2, -0.15) is 0 Å². The minimum atomic E-state index is -0.0366. The molecule has 0 fully saturated rings. The monoisotopic (exact) mass is 256 g/mol. The number of carbonyl (C=O) groups excluding carboxylic acids is 2. The van der Waals surface area contributed by atoms with Gasteiger partial charge in [0, 0.05) is 11.3 Å². The number of ketones is 1. The number of hydrogen-bond donors (Lipinski definition) is 1. The standard InChI is InChI=1S/C15H16N2O2/c1-9-11(10(2)18)7-8-14-16-15(19)12-5-3-4-6-13(12)17(9)14/h3-6,14H,7-8H2,1-2H3,(H,16,19). The number of benzene rings is 1. The van der Waals surface area contributed by atoms with Crippen molar-refractivity contribution in [2.75, 3.05) is 4.90 Å². The minimum absolute atomic E-state index is 0.0316. The number of anilines is 1. The quantitative estimate of drug-likeness (QED) is 0.838. The second-order valence-corrected chi connectivity index (χ2v) is 5.04. The van der Waals surface area contributed by atoms with Crippen LogP contribution in [0.2, 0.25) is 0 Å². The molecule has 0 saturated carbocycles. The Morgan fingerprint density at radius 2 is 2.11 bits per heavy atom. The molecule has 98 valence electrons. The van der Waals surface area contributed by atoms with Crippen LogP contribution in [0.1, 0.15) is 37.0 Å². The summed E-state index contributed by atoms with van der Waals surface area (Å²) in [4.78, 5) is 25.8. The normalized spacial score (nSPS) is 21.7. The summed E-state index contributed by atoms with van der Waals surface area (Å²) in [5, 5.41) is 3.01. The molecule has 1 aromatic carbocycles. The predicted octanol–water partition coefficient (Wildman–Crippen LogP) is 2.22. The fourth-order valence-electron chi connectivity index (χ4n) is 2.99. The van der Waals surface area contributed by atoms with Gasteiger partial charge in [0.15, 0.2) is 5.78 Å².